The van der Waals surface area contributed by atoms with Gasteiger partial charge in [-0.25, -0.2) is 13.1 Å². The lowest BCUT2D eigenvalue weighted by Gasteiger charge is -2.37. The molecule has 7 nitrogen and oxygen atoms in total. The van der Waals surface area contributed by atoms with Gasteiger partial charge in [0.05, 0.1) is 31.5 Å². The van der Waals surface area contributed by atoms with Crippen LogP contribution in [0.5, 0.6) is 0 Å². The molecule has 1 aliphatic rings. The zero-order chi connectivity index (χ0) is 14.8. The van der Waals surface area contributed by atoms with Gasteiger partial charge in [-0.05, 0) is 25.2 Å². The van der Waals surface area contributed by atoms with Crippen LogP contribution in [0.4, 0.5) is 11.4 Å². The van der Waals surface area contributed by atoms with Gasteiger partial charge in [0, 0.05) is 12.2 Å². The van der Waals surface area contributed by atoms with E-state index in [-0.39, 0.29) is 17.5 Å². The first-order valence-corrected chi connectivity index (χ1v) is 7.76. The van der Waals surface area contributed by atoms with Crippen molar-refractivity contribution in [1.82, 2.24) is 4.72 Å². The fourth-order valence-corrected chi connectivity index (χ4v) is 3.19. The van der Waals surface area contributed by atoms with E-state index in [1.54, 1.807) is 12.1 Å². The summed E-state index contributed by atoms with van der Waals surface area (Å²) in [6, 6.07) is 4.46. The van der Waals surface area contributed by atoms with Crippen LogP contribution >= 0.6 is 0 Å². The summed E-state index contributed by atoms with van der Waals surface area (Å²) in [5.41, 5.74) is 6.59. The maximum Gasteiger partial charge on any atom is 0.242 e. The van der Waals surface area contributed by atoms with Gasteiger partial charge in [0.25, 0.3) is 0 Å². The fraction of sp³-hybridized carbons (Fsp3) is 0.500. The number of aliphatic hydroxyl groups excluding tert-OH is 1. The Balaban J connectivity index is 2.50. The lowest BCUT2D eigenvalue weighted by atomic mass is 10.2. The van der Waals surface area contributed by atoms with Crippen molar-refractivity contribution >= 4 is 21.4 Å². The zero-order valence-electron chi connectivity index (χ0n) is 11.2. The molecule has 112 valence electrons. The molecule has 0 spiro atoms. The van der Waals surface area contributed by atoms with E-state index >= 15 is 0 Å². The van der Waals surface area contributed by atoms with Crippen LogP contribution in [0, 0.1) is 0 Å². The topological polar surface area (TPSA) is 105 Å². The van der Waals surface area contributed by atoms with Crippen LogP contribution in [0.2, 0.25) is 0 Å². The van der Waals surface area contributed by atoms with E-state index in [0.717, 1.165) is 0 Å². The molecule has 0 bridgehead atoms. The van der Waals surface area contributed by atoms with E-state index in [0.29, 0.717) is 31.1 Å². The van der Waals surface area contributed by atoms with E-state index in [4.69, 9.17) is 10.5 Å². The quantitative estimate of drug-likeness (QED) is 0.640. The number of anilines is 2. The Kier molecular flexibility index (Phi) is 4.48. The molecule has 1 aliphatic heterocycles. The van der Waals surface area contributed by atoms with Crippen LogP contribution in [0.25, 0.3) is 0 Å². The second-order valence-corrected chi connectivity index (χ2v) is 6.39. The van der Waals surface area contributed by atoms with E-state index in [9.17, 15) is 13.5 Å². The first-order valence-electron chi connectivity index (χ1n) is 6.28. The molecule has 1 heterocycles. The largest absolute Gasteiger partial charge is 0.399 e. The zero-order valence-corrected chi connectivity index (χ0v) is 12.1. The number of ether oxygens (including phenoxy) is 1. The summed E-state index contributed by atoms with van der Waals surface area (Å²) in [7, 11) is -2.27. The van der Waals surface area contributed by atoms with E-state index < -0.39 is 10.0 Å². The molecule has 1 fully saturated rings. The van der Waals surface area contributed by atoms with Crippen molar-refractivity contribution in [3.05, 3.63) is 18.2 Å². The van der Waals surface area contributed by atoms with Crippen LogP contribution in [-0.2, 0) is 14.8 Å². The minimum absolute atomic E-state index is 0.108. The van der Waals surface area contributed by atoms with Gasteiger partial charge < -0.3 is 20.5 Å². The molecule has 20 heavy (non-hydrogen) atoms. The van der Waals surface area contributed by atoms with Crippen molar-refractivity contribution in [3.63, 3.8) is 0 Å². The number of benzene rings is 1. The molecule has 1 saturated heterocycles. The van der Waals surface area contributed by atoms with E-state index in [2.05, 4.69) is 4.72 Å². The van der Waals surface area contributed by atoms with Gasteiger partial charge in [-0.2, -0.15) is 0 Å². The van der Waals surface area contributed by atoms with Crippen LogP contribution in [0.1, 0.15) is 0 Å². The molecule has 4 N–H and O–H groups in total. The number of morpholine rings is 1. The normalized spacial score (nSPS) is 20.1. The van der Waals surface area contributed by atoms with Crippen molar-refractivity contribution in [2.45, 2.75) is 10.9 Å². The molecule has 2 rings (SSSR count). The number of nitrogen functional groups attached to an aromatic ring is 1. The molecule has 0 radical (unpaired) electrons. The summed E-state index contributed by atoms with van der Waals surface area (Å²) < 4.78 is 31.9. The van der Waals surface area contributed by atoms with E-state index in [1.807, 2.05) is 4.90 Å². The highest BCUT2D eigenvalue weighted by atomic mass is 32.2. The summed E-state index contributed by atoms with van der Waals surface area (Å²) in [5.74, 6) is 0. The molecule has 1 aromatic rings. The van der Waals surface area contributed by atoms with Gasteiger partial charge in [-0.15, -0.1) is 0 Å². The smallest absolute Gasteiger partial charge is 0.242 e. The highest BCUT2D eigenvalue weighted by molar-refractivity contribution is 7.89. The Morgan fingerprint density at radius 3 is 2.95 bits per heavy atom. The van der Waals surface area contributed by atoms with Crippen LogP contribution in [0.15, 0.2) is 23.1 Å². The second kappa shape index (κ2) is 5.96. The number of nitrogens with one attached hydrogen (secondary N) is 1. The minimum Gasteiger partial charge on any atom is -0.399 e. The molecule has 0 saturated carbocycles. The van der Waals surface area contributed by atoms with Gasteiger partial charge in [0.15, 0.2) is 0 Å². The summed E-state index contributed by atoms with van der Waals surface area (Å²) in [4.78, 5) is 1.95. The predicted molar refractivity (Wildman–Crippen MR) is 76.1 cm³/mol. The highest BCUT2D eigenvalue weighted by Crippen LogP contribution is 2.29. The van der Waals surface area contributed by atoms with Gasteiger partial charge in [-0.3, -0.25) is 0 Å². The minimum atomic E-state index is -3.63. The Morgan fingerprint density at radius 2 is 2.30 bits per heavy atom. The summed E-state index contributed by atoms with van der Waals surface area (Å²) in [6.07, 6.45) is 0. The maximum atomic E-state index is 12.1. The Labute approximate surface area is 118 Å². The number of nitrogens with zero attached hydrogens (tertiary/aromatic N) is 1. The van der Waals surface area contributed by atoms with Crippen molar-refractivity contribution in [3.8, 4) is 0 Å². The number of sulfonamides is 1. The number of nitrogens with two attached hydrogens (primary N) is 1. The summed E-state index contributed by atoms with van der Waals surface area (Å²) in [6.45, 7) is 1.25. The number of aliphatic hydroxyl groups is 1. The molecular formula is C12H19N3O4S. The summed E-state index contributed by atoms with van der Waals surface area (Å²) >= 11 is 0. The van der Waals surface area contributed by atoms with Crippen molar-refractivity contribution in [1.29, 1.82) is 0 Å². The second-order valence-electron chi connectivity index (χ2n) is 4.54. The third-order valence-corrected chi connectivity index (χ3v) is 4.73. The Bertz CT molecular complexity index is 576. The van der Waals surface area contributed by atoms with Crippen molar-refractivity contribution < 1.29 is 18.3 Å². The van der Waals surface area contributed by atoms with Gasteiger partial charge in [-0.1, -0.05) is 0 Å². The predicted octanol–water partition coefficient (Wildman–Crippen LogP) is -0.626. The maximum absolute atomic E-state index is 12.1. The third-order valence-electron chi connectivity index (χ3n) is 3.29. The van der Waals surface area contributed by atoms with Crippen LogP contribution in [0.3, 0.4) is 0 Å². The monoisotopic (exact) mass is 301 g/mol. The average molecular weight is 301 g/mol. The lowest BCUT2D eigenvalue weighted by Crippen LogP contribution is -2.48. The van der Waals surface area contributed by atoms with Crippen molar-refractivity contribution in [2.75, 3.05) is 44.0 Å². The highest BCUT2D eigenvalue weighted by Gasteiger charge is 2.28. The molecule has 1 unspecified atom stereocenters. The first-order chi connectivity index (χ1) is 9.49. The number of hydrogen-bond donors (Lipinski definition) is 3. The Hall–Kier alpha value is -1.35. The van der Waals surface area contributed by atoms with E-state index in [1.165, 1.54) is 13.1 Å². The van der Waals surface area contributed by atoms with Crippen LogP contribution < -0.4 is 15.4 Å². The number of hydrogen-bond acceptors (Lipinski definition) is 6. The van der Waals surface area contributed by atoms with Gasteiger partial charge >= 0.3 is 0 Å². The molecule has 0 amide bonds. The molecule has 1 atom stereocenters. The first kappa shape index (κ1) is 15.0. The molecule has 8 heteroatoms. The van der Waals surface area contributed by atoms with Crippen LogP contribution in [-0.4, -0.2) is 53.0 Å². The standard InChI is InChI=1S/C12H19N3O4S/c1-14-20(17,18)12-6-9(13)2-3-11(12)15-4-5-19-8-10(15)7-16/h2-3,6,10,14,16H,4-5,7-8,13H2,1H3. The SMILES string of the molecule is CNS(=O)(=O)c1cc(N)ccc1N1CCOCC1CO. The summed E-state index contributed by atoms with van der Waals surface area (Å²) in [5, 5.41) is 9.42. The van der Waals surface area contributed by atoms with Gasteiger partial charge in [0.1, 0.15) is 4.90 Å². The Morgan fingerprint density at radius 1 is 1.55 bits per heavy atom. The molecule has 0 aromatic heterocycles. The molecule has 0 aliphatic carbocycles. The average Bonchev–Trinajstić information content (AvgIpc) is 2.47. The van der Waals surface area contributed by atoms with Gasteiger partial charge in [0.2, 0.25) is 10.0 Å². The number of rotatable bonds is 4. The van der Waals surface area contributed by atoms with Crippen molar-refractivity contribution in [2.24, 2.45) is 0 Å². The third kappa shape index (κ3) is 2.88. The molecule has 1 aromatic carbocycles. The molecular weight excluding hydrogens is 282 g/mol. The lowest BCUT2D eigenvalue weighted by molar-refractivity contribution is 0.0724. The fourth-order valence-electron chi connectivity index (χ4n) is 2.22.